The predicted molar refractivity (Wildman–Crippen MR) is 97.6 cm³/mol. The first-order chi connectivity index (χ1) is 11.4. The topological polar surface area (TPSA) is 38.3 Å². The molecule has 2 aromatic carbocycles. The minimum atomic E-state index is -0.467. The number of esters is 1. The molecule has 2 rings (SSSR count). The van der Waals surface area contributed by atoms with Crippen LogP contribution in [0.4, 0.5) is 0 Å². The molecular formula is C21H27NO2. The molecule has 0 saturated heterocycles. The Balaban J connectivity index is 1.97. The smallest absolute Gasteiger partial charge is 0.311 e. The van der Waals surface area contributed by atoms with Crippen LogP contribution in [-0.4, -0.2) is 18.1 Å². The Morgan fingerprint density at radius 2 is 1.50 bits per heavy atom. The summed E-state index contributed by atoms with van der Waals surface area (Å²) in [6, 6.07) is 20.3. The van der Waals surface area contributed by atoms with Gasteiger partial charge in [0.25, 0.3) is 0 Å². The molecule has 1 unspecified atom stereocenters. The number of nitrogens with one attached hydrogen (secondary N) is 1. The van der Waals surface area contributed by atoms with Crippen LogP contribution >= 0.6 is 0 Å². The summed E-state index contributed by atoms with van der Waals surface area (Å²) in [5.41, 5.74) is 1.89. The number of carbonyl (C=O) groups excluding carboxylic acids is 1. The van der Waals surface area contributed by atoms with Crippen LogP contribution in [0.25, 0.3) is 0 Å². The van der Waals surface area contributed by atoms with Crippen molar-refractivity contribution in [2.24, 2.45) is 5.92 Å². The maximum Gasteiger partial charge on any atom is 0.311 e. The van der Waals surface area contributed by atoms with Crippen molar-refractivity contribution in [2.45, 2.75) is 39.3 Å². The molecule has 0 radical (unpaired) electrons. The average Bonchev–Trinajstić information content (AvgIpc) is 2.54. The molecule has 0 amide bonds. The third-order valence-electron chi connectivity index (χ3n) is 3.63. The van der Waals surface area contributed by atoms with E-state index < -0.39 is 5.60 Å². The van der Waals surface area contributed by atoms with Gasteiger partial charge in [0.2, 0.25) is 0 Å². The Hall–Kier alpha value is -2.13. The molecule has 0 fully saturated rings. The van der Waals surface area contributed by atoms with Crippen LogP contribution in [-0.2, 0) is 22.5 Å². The van der Waals surface area contributed by atoms with Crippen LogP contribution in [0.5, 0.6) is 0 Å². The summed E-state index contributed by atoms with van der Waals surface area (Å²) in [5.74, 6) is -0.345. The Morgan fingerprint density at radius 1 is 0.958 bits per heavy atom. The average molecular weight is 325 g/mol. The summed E-state index contributed by atoms with van der Waals surface area (Å²) >= 11 is 0. The lowest BCUT2D eigenvalue weighted by Gasteiger charge is -2.24. The number of ether oxygens (including phenoxy) is 1. The molecule has 2 aromatic rings. The van der Waals surface area contributed by atoms with Gasteiger partial charge in [-0.25, -0.2) is 0 Å². The second-order valence-electron chi connectivity index (χ2n) is 7.04. The van der Waals surface area contributed by atoms with Gasteiger partial charge in [0.1, 0.15) is 5.60 Å². The van der Waals surface area contributed by atoms with Gasteiger partial charge in [0.05, 0.1) is 5.92 Å². The lowest BCUT2D eigenvalue weighted by Crippen LogP contribution is -2.35. The first-order valence-electron chi connectivity index (χ1n) is 8.45. The van der Waals surface area contributed by atoms with Crippen molar-refractivity contribution in [1.82, 2.24) is 5.32 Å². The largest absolute Gasteiger partial charge is 0.460 e. The van der Waals surface area contributed by atoms with Gasteiger partial charge >= 0.3 is 5.97 Å². The predicted octanol–water partition coefficient (Wildman–Crippen LogP) is 3.98. The van der Waals surface area contributed by atoms with Crippen LogP contribution in [0, 0.1) is 5.92 Å². The normalized spacial score (nSPS) is 12.6. The van der Waals surface area contributed by atoms with Crippen LogP contribution in [0.1, 0.15) is 31.9 Å². The Bertz CT molecular complexity index is 617. The van der Waals surface area contributed by atoms with E-state index in [-0.39, 0.29) is 11.9 Å². The van der Waals surface area contributed by atoms with Crippen molar-refractivity contribution in [1.29, 1.82) is 0 Å². The number of hydrogen-bond acceptors (Lipinski definition) is 3. The fraction of sp³-hybridized carbons (Fsp3) is 0.381. The SMILES string of the molecule is CC(C)(C)OC(=O)C(CNCc1ccccc1)Cc1ccccc1. The summed E-state index contributed by atoms with van der Waals surface area (Å²) in [6.45, 7) is 7.05. The molecule has 0 spiro atoms. The highest BCUT2D eigenvalue weighted by Crippen LogP contribution is 2.15. The van der Waals surface area contributed by atoms with Gasteiger partial charge in [-0.1, -0.05) is 60.7 Å². The molecule has 0 saturated carbocycles. The van der Waals surface area contributed by atoms with Gasteiger partial charge in [-0.2, -0.15) is 0 Å². The van der Waals surface area contributed by atoms with Crippen molar-refractivity contribution < 1.29 is 9.53 Å². The van der Waals surface area contributed by atoms with Gasteiger partial charge in [-0.15, -0.1) is 0 Å². The molecule has 0 aliphatic rings. The highest BCUT2D eigenvalue weighted by Gasteiger charge is 2.25. The second kappa shape index (κ2) is 8.65. The summed E-state index contributed by atoms with van der Waals surface area (Å²) in [5, 5.41) is 3.39. The van der Waals surface area contributed by atoms with Crippen molar-refractivity contribution in [3.8, 4) is 0 Å². The van der Waals surface area contributed by atoms with E-state index in [0.29, 0.717) is 13.0 Å². The van der Waals surface area contributed by atoms with Gasteiger partial charge in [-0.05, 0) is 38.3 Å². The van der Waals surface area contributed by atoms with Gasteiger partial charge < -0.3 is 10.1 Å². The monoisotopic (exact) mass is 325 g/mol. The third-order valence-corrected chi connectivity index (χ3v) is 3.63. The molecule has 0 aromatic heterocycles. The zero-order valence-electron chi connectivity index (χ0n) is 14.8. The van der Waals surface area contributed by atoms with E-state index in [1.54, 1.807) is 0 Å². The van der Waals surface area contributed by atoms with E-state index in [2.05, 4.69) is 29.6 Å². The zero-order chi connectivity index (χ0) is 17.4. The van der Waals surface area contributed by atoms with Crippen LogP contribution in [0.2, 0.25) is 0 Å². The molecule has 1 atom stereocenters. The third kappa shape index (κ3) is 6.55. The van der Waals surface area contributed by atoms with E-state index in [4.69, 9.17) is 4.74 Å². The molecular weight excluding hydrogens is 298 g/mol. The number of rotatable bonds is 7. The highest BCUT2D eigenvalue weighted by atomic mass is 16.6. The Morgan fingerprint density at radius 3 is 2.04 bits per heavy atom. The van der Waals surface area contributed by atoms with Crippen molar-refractivity contribution >= 4 is 5.97 Å². The molecule has 0 heterocycles. The standard InChI is InChI=1S/C21H27NO2/c1-21(2,3)24-20(23)19(14-17-10-6-4-7-11-17)16-22-15-18-12-8-5-9-13-18/h4-13,19,22H,14-16H2,1-3H3. The number of hydrogen-bond donors (Lipinski definition) is 1. The molecule has 0 aliphatic carbocycles. The maximum atomic E-state index is 12.5. The van der Waals surface area contributed by atoms with Crippen LogP contribution in [0.3, 0.4) is 0 Å². The summed E-state index contributed by atoms with van der Waals surface area (Å²) in [6.07, 6.45) is 0.678. The van der Waals surface area contributed by atoms with E-state index in [1.807, 2.05) is 57.2 Å². The first-order valence-corrected chi connectivity index (χ1v) is 8.45. The molecule has 3 heteroatoms. The van der Waals surface area contributed by atoms with E-state index >= 15 is 0 Å². The second-order valence-corrected chi connectivity index (χ2v) is 7.04. The zero-order valence-corrected chi connectivity index (χ0v) is 14.8. The quantitative estimate of drug-likeness (QED) is 0.783. The fourth-order valence-corrected chi connectivity index (χ4v) is 2.51. The van der Waals surface area contributed by atoms with Gasteiger partial charge in [-0.3, -0.25) is 4.79 Å². The van der Waals surface area contributed by atoms with Crippen LogP contribution in [0.15, 0.2) is 60.7 Å². The molecule has 128 valence electrons. The van der Waals surface area contributed by atoms with E-state index in [0.717, 1.165) is 12.1 Å². The van der Waals surface area contributed by atoms with Gasteiger partial charge in [0, 0.05) is 13.1 Å². The Labute approximate surface area is 145 Å². The number of carbonyl (C=O) groups is 1. The fourth-order valence-electron chi connectivity index (χ4n) is 2.51. The van der Waals surface area contributed by atoms with Crippen molar-refractivity contribution in [2.75, 3.05) is 6.54 Å². The highest BCUT2D eigenvalue weighted by molar-refractivity contribution is 5.73. The lowest BCUT2D eigenvalue weighted by atomic mass is 9.98. The molecule has 1 N–H and O–H groups in total. The van der Waals surface area contributed by atoms with E-state index in [9.17, 15) is 4.79 Å². The van der Waals surface area contributed by atoms with Gasteiger partial charge in [0.15, 0.2) is 0 Å². The lowest BCUT2D eigenvalue weighted by molar-refractivity contribution is -0.159. The molecule has 24 heavy (non-hydrogen) atoms. The van der Waals surface area contributed by atoms with E-state index in [1.165, 1.54) is 5.56 Å². The first kappa shape index (κ1) is 18.2. The molecule has 3 nitrogen and oxygen atoms in total. The summed E-state index contributed by atoms with van der Waals surface area (Å²) in [4.78, 5) is 12.5. The molecule has 0 bridgehead atoms. The maximum absolute atomic E-state index is 12.5. The minimum absolute atomic E-state index is 0.146. The number of benzene rings is 2. The van der Waals surface area contributed by atoms with Crippen molar-refractivity contribution in [3.63, 3.8) is 0 Å². The van der Waals surface area contributed by atoms with Crippen LogP contribution < -0.4 is 5.32 Å². The minimum Gasteiger partial charge on any atom is -0.460 e. The molecule has 0 aliphatic heterocycles. The summed E-state index contributed by atoms with van der Waals surface area (Å²) < 4.78 is 5.60. The summed E-state index contributed by atoms with van der Waals surface area (Å²) in [7, 11) is 0. The Kier molecular flexibility index (Phi) is 6.56. The van der Waals surface area contributed by atoms with Crippen molar-refractivity contribution in [3.05, 3.63) is 71.8 Å².